The van der Waals surface area contributed by atoms with Crippen molar-refractivity contribution in [1.82, 2.24) is 10.2 Å². The van der Waals surface area contributed by atoms with Crippen molar-refractivity contribution in [3.05, 3.63) is 51.3 Å². The van der Waals surface area contributed by atoms with E-state index in [1.807, 2.05) is 25.1 Å². The number of nitrogens with zero attached hydrogens (tertiary/aromatic N) is 2. The molecule has 0 atom stereocenters. The molecule has 2 aromatic rings. The van der Waals surface area contributed by atoms with Crippen LogP contribution in [-0.2, 0) is 6.61 Å². The van der Waals surface area contributed by atoms with Crippen molar-refractivity contribution >= 4 is 23.2 Å². The standard InChI is InChI=1S/C15H14Cl2N2O/c1-9-6-14(12(7-13(9)16)10-2-3-10)20-8-11-4-5-15(17)19-18-11/h4-7,10H,2-3,8H2,1H3. The summed E-state index contributed by atoms with van der Waals surface area (Å²) in [6.45, 7) is 2.36. The Morgan fingerprint density at radius 3 is 2.65 bits per heavy atom. The van der Waals surface area contributed by atoms with Crippen molar-refractivity contribution in [2.24, 2.45) is 0 Å². The molecule has 1 saturated carbocycles. The van der Waals surface area contributed by atoms with Crippen LogP contribution in [0, 0.1) is 6.92 Å². The molecule has 0 unspecified atom stereocenters. The molecule has 0 aliphatic heterocycles. The lowest BCUT2D eigenvalue weighted by molar-refractivity contribution is 0.296. The maximum Gasteiger partial charge on any atom is 0.151 e. The van der Waals surface area contributed by atoms with E-state index in [4.69, 9.17) is 27.9 Å². The fraction of sp³-hybridized carbons (Fsp3) is 0.333. The Bertz CT molecular complexity index is 625. The molecule has 1 aliphatic carbocycles. The van der Waals surface area contributed by atoms with Crippen molar-refractivity contribution in [3.8, 4) is 5.75 Å². The van der Waals surface area contributed by atoms with Crippen LogP contribution in [0.15, 0.2) is 24.3 Å². The Kier molecular flexibility index (Phi) is 3.81. The predicted molar refractivity (Wildman–Crippen MR) is 79.5 cm³/mol. The third-order valence-corrected chi connectivity index (χ3v) is 3.98. The summed E-state index contributed by atoms with van der Waals surface area (Å²) in [5.41, 5.74) is 2.97. The van der Waals surface area contributed by atoms with Gasteiger partial charge in [-0.3, -0.25) is 0 Å². The van der Waals surface area contributed by atoms with Gasteiger partial charge >= 0.3 is 0 Å². The van der Waals surface area contributed by atoms with Crippen LogP contribution < -0.4 is 4.74 Å². The van der Waals surface area contributed by atoms with Gasteiger partial charge in [-0.05, 0) is 61.1 Å². The lowest BCUT2D eigenvalue weighted by Gasteiger charge is -2.12. The summed E-state index contributed by atoms with van der Waals surface area (Å²) in [5.74, 6) is 1.48. The van der Waals surface area contributed by atoms with Gasteiger partial charge in [-0.2, -0.15) is 5.10 Å². The third-order valence-electron chi connectivity index (χ3n) is 3.37. The quantitative estimate of drug-likeness (QED) is 0.831. The zero-order valence-corrected chi connectivity index (χ0v) is 12.6. The summed E-state index contributed by atoms with van der Waals surface area (Å²) in [4.78, 5) is 0. The van der Waals surface area contributed by atoms with Crippen LogP contribution >= 0.6 is 23.2 Å². The lowest BCUT2D eigenvalue weighted by Crippen LogP contribution is -2.02. The maximum absolute atomic E-state index is 6.20. The SMILES string of the molecule is Cc1cc(OCc2ccc(Cl)nn2)c(C2CC2)cc1Cl. The summed E-state index contributed by atoms with van der Waals surface area (Å²) in [6, 6.07) is 7.55. The molecule has 1 heterocycles. The van der Waals surface area contributed by atoms with Crippen LogP contribution in [0.5, 0.6) is 5.75 Å². The normalized spacial score (nSPS) is 14.3. The summed E-state index contributed by atoms with van der Waals surface area (Å²) in [7, 11) is 0. The average Bonchev–Trinajstić information content (AvgIpc) is 3.26. The maximum atomic E-state index is 6.20. The summed E-state index contributed by atoms with van der Waals surface area (Å²) in [6.07, 6.45) is 2.41. The molecular formula is C15H14Cl2N2O. The number of hydrogen-bond acceptors (Lipinski definition) is 3. The highest BCUT2D eigenvalue weighted by Crippen LogP contribution is 2.46. The highest BCUT2D eigenvalue weighted by Gasteiger charge is 2.27. The van der Waals surface area contributed by atoms with Crippen molar-refractivity contribution < 1.29 is 4.74 Å². The highest BCUT2D eigenvalue weighted by atomic mass is 35.5. The fourth-order valence-electron chi connectivity index (χ4n) is 2.08. The molecule has 1 aromatic heterocycles. The molecule has 3 rings (SSSR count). The zero-order valence-electron chi connectivity index (χ0n) is 11.1. The lowest BCUT2D eigenvalue weighted by atomic mass is 10.1. The second-order valence-electron chi connectivity index (χ2n) is 5.05. The molecule has 104 valence electrons. The first-order valence-corrected chi connectivity index (χ1v) is 7.30. The molecule has 1 fully saturated rings. The number of aromatic nitrogens is 2. The molecule has 0 amide bonds. The van der Waals surface area contributed by atoms with E-state index in [1.54, 1.807) is 6.07 Å². The Balaban J connectivity index is 1.79. The number of rotatable bonds is 4. The van der Waals surface area contributed by atoms with Gasteiger partial charge in [-0.1, -0.05) is 23.2 Å². The monoisotopic (exact) mass is 308 g/mol. The van der Waals surface area contributed by atoms with Crippen molar-refractivity contribution in [2.45, 2.75) is 32.3 Å². The Labute approximate surface area is 127 Å². The topological polar surface area (TPSA) is 35.0 Å². The van der Waals surface area contributed by atoms with Crippen LogP contribution in [0.4, 0.5) is 0 Å². The zero-order chi connectivity index (χ0) is 14.1. The van der Waals surface area contributed by atoms with Gasteiger partial charge in [0, 0.05) is 5.02 Å². The first-order chi connectivity index (χ1) is 9.63. The van der Waals surface area contributed by atoms with E-state index in [2.05, 4.69) is 10.2 Å². The van der Waals surface area contributed by atoms with E-state index in [0.29, 0.717) is 17.7 Å². The van der Waals surface area contributed by atoms with Gasteiger partial charge in [0.1, 0.15) is 18.1 Å². The minimum atomic E-state index is 0.380. The summed E-state index contributed by atoms with van der Waals surface area (Å²) in [5, 5.41) is 8.98. The van der Waals surface area contributed by atoms with E-state index < -0.39 is 0 Å². The molecule has 0 spiro atoms. The molecule has 3 nitrogen and oxygen atoms in total. The Hall–Kier alpha value is -1.32. The minimum Gasteiger partial charge on any atom is -0.487 e. The van der Waals surface area contributed by atoms with E-state index in [1.165, 1.54) is 18.4 Å². The van der Waals surface area contributed by atoms with Gasteiger partial charge in [0.15, 0.2) is 5.15 Å². The Morgan fingerprint density at radius 1 is 1.20 bits per heavy atom. The largest absolute Gasteiger partial charge is 0.487 e. The van der Waals surface area contributed by atoms with Gasteiger partial charge in [-0.15, -0.1) is 5.10 Å². The molecule has 1 aliphatic rings. The first-order valence-electron chi connectivity index (χ1n) is 6.54. The second-order valence-corrected chi connectivity index (χ2v) is 5.84. The molecular weight excluding hydrogens is 295 g/mol. The van der Waals surface area contributed by atoms with Crippen LogP contribution in [0.2, 0.25) is 10.2 Å². The number of ether oxygens (including phenoxy) is 1. The van der Waals surface area contributed by atoms with Crippen molar-refractivity contribution in [3.63, 3.8) is 0 Å². The van der Waals surface area contributed by atoms with E-state index in [9.17, 15) is 0 Å². The molecule has 0 saturated heterocycles. The van der Waals surface area contributed by atoms with E-state index >= 15 is 0 Å². The smallest absolute Gasteiger partial charge is 0.151 e. The molecule has 5 heteroatoms. The van der Waals surface area contributed by atoms with Crippen LogP contribution in [0.3, 0.4) is 0 Å². The molecule has 0 bridgehead atoms. The Morgan fingerprint density at radius 2 is 2.00 bits per heavy atom. The van der Waals surface area contributed by atoms with Gasteiger partial charge in [0.05, 0.1) is 0 Å². The molecule has 0 N–H and O–H groups in total. The third kappa shape index (κ3) is 3.05. The second kappa shape index (κ2) is 5.58. The van der Waals surface area contributed by atoms with Crippen LogP contribution in [-0.4, -0.2) is 10.2 Å². The van der Waals surface area contributed by atoms with Crippen molar-refractivity contribution in [2.75, 3.05) is 0 Å². The van der Waals surface area contributed by atoms with Crippen molar-refractivity contribution in [1.29, 1.82) is 0 Å². The number of hydrogen-bond donors (Lipinski definition) is 0. The van der Waals surface area contributed by atoms with E-state index in [0.717, 1.165) is 22.0 Å². The molecule has 1 aromatic carbocycles. The molecule has 20 heavy (non-hydrogen) atoms. The van der Waals surface area contributed by atoms with Crippen LogP contribution in [0.1, 0.15) is 35.6 Å². The number of benzene rings is 1. The molecule has 0 radical (unpaired) electrons. The summed E-state index contributed by atoms with van der Waals surface area (Å²) < 4.78 is 5.90. The minimum absolute atomic E-state index is 0.380. The number of halogens is 2. The summed E-state index contributed by atoms with van der Waals surface area (Å²) >= 11 is 11.9. The predicted octanol–water partition coefficient (Wildman–Crippen LogP) is 4.55. The first kappa shape index (κ1) is 13.7. The number of aryl methyl sites for hydroxylation is 1. The van der Waals surface area contributed by atoms with Gasteiger partial charge in [0.2, 0.25) is 0 Å². The van der Waals surface area contributed by atoms with Gasteiger partial charge in [-0.25, -0.2) is 0 Å². The highest BCUT2D eigenvalue weighted by molar-refractivity contribution is 6.31. The van der Waals surface area contributed by atoms with Gasteiger partial charge in [0.25, 0.3) is 0 Å². The van der Waals surface area contributed by atoms with E-state index in [-0.39, 0.29) is 0 Å². The van der Waals surface area contributed by atoms with Gasteiger partial charge < -0.3 is 4.74 Å². The van der Waals surface area contributed by atoms with Crippen LogP contribution in [0.25, 0.3) is 0 Å². The average molecular weight is 309 g/mol. The fourth-order valence-corrected chi connectivity index (χ4v) is 2.35.